The maximum Gasteiger partial charge on any atom is 0.242 e. The lowest BCUT2D eigenvalue weighted by Crippen LogP contribution is -2.31. The van der Waals surface area contributed by atoms with E-state index in [2.05, 4.69) is 4.72 Å². The predicted molar refractivity (Wildman–Crippen MR) is 73.1 cm³/mol. The van der Waals surface area contributed by atoms with Gasteiger partial charge in [0.05, 0.1) is 5.02 Å². The Kier molecular flexibility index (Phi) is 5.55. The summed E-state index contributed by atoms with van der Waals surface area (Å²) in [6.45, 7) is 1.29. The zero-order valence-corrected chi connectivity index (χ0v) is 12.1. The Morgan fingerprint density at radius 1 is 1.39 bits per heavy atom. The van der Waals surface area contributed by atoms with Gasteiger partial charge < -0.3 is 10.6 Å². The molecule has 5 nitrogen and oxygen atoms in total. The monoisotopic (exact) mass is 291 g/mol. The fourth-order valence-electron chi connectivity index (χ4n) is 1.37. The molecule has 1 aromatic carbocycles. The third-order valence-corrected chi connectivity index (χ3v) is 4.32. The molecule has 1 aromatic rings. The highest BCUT2D eigenvalue weighted by Crippen LogP contribution is 2.22. The first-order valence-electron chi connectivity index (χ1n) is 5.49. The van der Waals surface area contributed by atoms with E-state index in [1.54, 1.807) is 12.1 Å². The molecule has 7 heteroatoms. The average molecular weight is 292 g/mol. The average Bonchev–Trinajstić information content (AvgIpc) is 2.27. The van der Waals surface area contributed by atoms with E-state index < -0.39 is 10.0 Å². The van der Waals surface area contributed by atoms with Crippen molar-refractivity contribution in [2.24, 2.45) is 5.73 Å². The summed E-state index contributed by atoms with van der Waals surface area (Å²) in [6.07, 6.45) is 0. The van der Waals surface area contributed by atoms with Crippen LogP contribution in [0.3, 0.4) is 0 Å². The standard InChI is InChI=1S/C11H18ClN3O2S/c1-15(2)6-5-14-18(16,17)11-4-3-9(8-13)7-10(11)12/h3-4,7,14H,5-6,8,13H2,1-2H3. The van der Waals surface area contributed by atoms with Crippen LogP contribution in [0.25, 0.3) is 0 Å². The van der Waals surface area contributed by atoms with Gasteiger partial charge in [0.2, 0.25) is 10.0 Å². The molecule has 18 heavy (non-hydrogen) atoms. The van der Waals surface area contributed by atoms with Crippen molar-refractivity contribution in [3.63, 3.8) is 0 Å². The van der Waals surface area contributed by atoms with Gasteiger partial charge in [-0.25, -0.2) is 13.1 Å². The number of hydrogen-bond acceptors (Lipinski definition) is 4. The Bertz CT molecular complexity index is 503. The predicted octanol–water partition coefficient (Wildman–Crippen LogP) is 0.639. The van der Waals surface area contributed by atoms with Gasteiger partial charge in [-0.05, 0) is 31.8 Å². The smallest absolute Gasteiger partial charge is 0.242 e. The van der Waals surface area contributed by atoms with E-state index >= 15 is 0 Å². The second-order valence-electron chi connectivity index (χ2n) is 4.17. The van der Waals surface area contributed by atoms with Gasteiger partial charge in [0.15, 0.2) is 0 Å². The van der Waals surface area contributed by atoms with Crippen LogP contribution in [0.5, 0.6) is 0 Å². The minimum atomic E-state index is -3.56. The van der Waals surface area contributed by atoms with Crippen molar-refractivity contribution in [1.29, 1.82) is 0 Å². The topological polar surface area (TPSA) is 75.4 Å². The van der Waals surface area contributed by atoms with Crippen LogP contribution in [-0.4, -0.2) is 40.5 Å². The second-order valence-corrected chi connectivity index (χ2v) is 6.31. The maximum atomic E-state index is 12.0. The summed E-state index contributed by atoms with van der Waals surface area (Å²) in [5, 5.41) is 0.190. The van der Waals surface area contributed by atoms with Gasteiger partial charge in [-0.3, -0.25) is 0 Å². The van der Waals surface area contributed by atoms with Crippen molar-refractivity contribution in [3.8, 4) is 0 Å². The van der Waals surface area contributed by atoms with Crippen LogP contribution >= 0.6 is 11.6 Å². The Balaban J connectivity index is 2.85. The Morgan fingerprint density at radius 3 is 2.56 bits per heavy atom. The van der Waals surface area contributed by atoms with Crippen LogP contribution in [0.15, 0.2) is 23.1 Å². The maximum absolute atomic E-state index is 12.0. The van der Waals surface area contributed by atoms with E-state index in [1.807, 2.05) is 19.0 Å². The second kappa shape index (κ2) is 6.49. The number of sulfonamides is 1. The van der Waals surface area contributed by atoms with E-state index in [4.69, 9.17) is 17.3 Å². The third-order valence-electron chi connectivity index (χ3n) is 2.37. The fourth-order valence-corrected chi connectivity index (χ4v) is 2.96. The molecule has 0 radical (unpaired) electrons. The molecular formula is C11H18ClN3O2S. The zero-order valence-electron chi connectivity index (χ0n) is 10.5. The molecule has 0 spiro atoms. The first-order chi connectivity index (χ1) is 8.36. The molecule has 0 unspecified atom stereocenters. The lowest BCUT2D eigenvalue weighted by molar-refractivity contribution is 0.412. The molecule has 0 saturated heterocycles. The molecule has 0 aliphatic heterocycles. The van der Waals surface area contributed by atoms with Crippen molar-refractivity contribution in [1.82, 2.24) is 9.62 Å². The summed E-state index contributed by atoms with van der Waals surface area (Å²) in [5.41, 5.74) is 6.26. The highest BCUT2D eigenvalue weighted by atomic mass is 35.5. The first kappa shape index (κ1) is 15.4. The molecule has 102 valence electrons. The van der Waals surface area contributed by atoms with Crippen molar-refractivity contribution < 1.29 is 8.42 Å². The van der Waals surface area contributed by atoms with E-state index in [1.165, 1.54) is 6.07 Å². The molecule has 0 aliphatic carbocycles. The van der Waals surface area contributed by atoms with Crippen LogP contribution in [0, 0.1) is 0 Å². The number of rotatable bonds is 6. The minimum absolute atomic E-state index is 0.0834. The van der Waals surface area contributed by atoms with Gasteiger partial charge >= 0.3 is 0 Å². The first-order valence-corrected chi connectivity index (χ1v) is 7.36. The molecule has 0 fully saturated rings. The quantitative estimate of drug-likeness (QED) is 0.806. The van der Waals surface area contributed by atoms with Crippen molar-refractivity contribution in [2.75, 3.05) is 27.2 Å². The molecule has 1 rings (SSSR count). The molecule has 0 bridgehead atoms. The van der Waals surface area contributed by atoms with Crippen LogP contribution in [0.4, 0.5) is 0 Å². The van der Waals surface area contributed by atoms with Crippen molar-refractivity contribution in [3.05, 3.63) is 28.8 Å². The molecule has 0 saturated carbocycles. The molecular weight excluding hydrogens is 274 g/mol. The van der Waals surface area contributed by atoms with Crippen LogP contribution < -0.4 is 10.5 Å². The van der Waals surface area contributed by atoms with Gasteiger partial charge in [0.25, 0.3) is 0 Å². The van der Waals surface area contributed by atoms with E-state index in [9.17, 15) is 8.42 Å². The lowest BCUT2D eigenvalue weighted by atomic mass is 10.2. The van der Waals surface area contributed by atoms with Crippen LogP contribution in [0.2, 0.25) is 5.02 Å². The molecule has 3 N–H and O–H groups in total. The largest absolute Gasteiger partial charge is 0.326 e. The Hall–Kier alpha value is -0.660. The van der Waals surface area contributed by atoms with Crippen LogP contribution in [0.1, 0.15) is 5.56 Å². The van der Waals surface area contributed by atoms with E-state index in [-0.39, 0.29) is 9.92 Å². The minimum Gasteiger partial charge on any atom is -0.326 e. The normalized spacial score (nSPS) is 12.1. The summed E-state index contributed by atoms with van der Waals surface area (Å²) in [5.74, 6) is 0. The number of nitrogens with zero attached hydrogens (tertiary/aromatic N) is 1. The highest BCUT2D eigenvalue weighted by Gasteiger charge is 2.17. The molecule has 0 aromatic heterocycles. The Labute approximate surface area is 113 Å². The number of nitrogens with one attached hydrogen (secondary N) is 1. The summed E-state index contributed by atoms with van der Waals surface area (Å²) in [4.78, 5) is 1.97. The number of halogens is 1. The summed E-state index contributed by atoms with van der Waals surface area (Å²) < 4.78 is 26.5. The summed E-state index contributed by atoms with van der Waals surface area (Å²) in [6, 6.07) is 4.71. The summed E-state index contributed by atoms with van der Waals surface area (Å²) >= 11 is 5.95. The lowest BCUT2D eigenvalue weighted by Gasteiger charge is -2.12. The van der Waals surface area contributed by atoms with Gasteiger partial charge in [0.1, 0.15) is 4.90 Å². The highest BCUT2D eigenvalue weighted by molar-refractivity contribution is 7.89. The SMILES string of the molecule is CN(C)CCNS(=O)(=O)c1ccc(CN)cc1Cl. The van der Waals surface area contributed by atoms with E-state index in [0.29, 0.717) is 19.6 Å². The van der Waals surface area contributed by atoms with Crippen molar-refractivity contribution >= 4 is 21.6 Å². The van der Waals surface area contributed by atoms with Gasteiger partial charge in [0, 0.05) is 19.6 Å². The van der Waals surface area contributed by atoms with Crippen LogP contribution in [-0.2, 0) is 16.6 Å². The molecule has 0 aliphatic rings. The zero-order chi connectivity index (χ0) is 13.8. The summed E-state index contributed by atoms with van der Waals surface area (Å²) in [7, 11) is 0.184. The number of nitrogens with two attached hydrogens (primary N) is 1. The number of benzene rings is 1. The van der Waals surface area contributed by atoms with Gasteiger partial charge in [-0.1, -0.05) is 17.7 Å². The van der Waals surface area contributed by atoms with Gasteiger partial charge in [-0.2, -0.15) is 0 Å². The fraction of sp³-hybridized carbons (Fsp3) is 0.455. The molecule has 0 atom stereocenters. The number of hydrogen-bond donors (Lipinski definition) is 2. The number of likely N-dealkylation sites (N-methyl/N-ethyl adjacent to an activating group) is 1. The van der Waals surface area contributed by atoms with Crippen molar-refractivity contribution in [2.45, 2.75) is 11.4 Å². The third kappa shape index (κ3) is 4.22. The Morgan fingerprint density at radius 2 is 2.06 bits per heavy atom. The van der Waals surface area contributed by atoms with Gasteiger partial charge in [-0.15, -0.1) is 0 Å². The molecule has 0 heterocycles. The van der Waals surface area contributed by atoms with E-state index in [0.717, 1.165) is 5.56 Å². The molecule has 0 amide bonds.